The minimum absolute atomic E-state index is 0.0689. The van der Waals surface area contributed by atoms with Crippen LogP contribution in [0.1, 0.15) is 34.8 Å². The summed E-state index contributed by atoms with van der Waals surface area (Å²) in [7, 11) is 2.07. The van der Waals surface area contributed by atoms with Gasteiger partial charge < -0.3 is 14.8 Å². The summed E-state index contributed by atoms with van der Waals surface area (Å²) in [5.74, 6) is 1.04. The van der Waals surface area contributed by atoms with Gasteiger partial charge in [-0.1, -0.05) is 12.5 Å². The molecule has 3 heterocycles. The first-order chi connectivity index (χ1) is 12.7. The molecular weight excluding hydrogens is 344 g/mol. The highest BCUT2D eigenvalue weighted by atomic mass is 32.1. The molecule has 1 N–H and O–H groups in total. The maximum atomic E-state index is 12.2. The highest BCUT2D eigenvalue weighted by Crippen LogP contribution is 2.21. The molecule has 136 valence electrons. The van der Waals surface area contributed by atoms with Crippen molar-refractivity contribution in [2.75, 3.05) is 25.0 Å². The van der Waals surface area contributed by atoms with E-state index in [1.165, 1.54) is 43.7 Å². The minimum atomic E-state index is -0.0689. The van der Waals surface area contributed by atoms with Crippen molar-refractivity contribution in [2.24, 2.45) is 7.05 Å². The Labute approximate surface area is 157 Å². The number of hydrogen-bond acceptors (Lipinski definition) is 4. The zero-order valence-corrected chi connectivity index (χ0v) is 15.9. The van der Waals surface area contributed by atoms with E-state index in [2.05, 4.69) is 21.8 Å². The number of aryl methyl sites for hydroxylation is 1. The van der Waals surface area contributed by atoms with E-state index in [9.17, 15) is 4.79 Å². The zero-order valence-electron chi connectivity index (χ0n) is 15.1. The molecule has 1 aliphatic heterocycles. The van der Waals surface area contributed by atoms with Crippen LogP contribution in [0.5, 0.6) is 0 Å². The summed E-state index contributed by atoms with van der Waals surface area (Å²) >= 11 is 1.44. The maximum Gasteiger partial charge on any atom is 0.265 e. The quantitative estimate of drug-likeness (QED) is 0.743. The standard InChI is InChI=1S/C20H24N4OS/c1-23-17-8-7-15(21-20(25)18-6-5-13-26-18)14-16(17)22-19(23)9-12-24-10-3-2-4-11-24/h5-8,13-14H,2-4,9-12H2,1H3,(H,21,25). The fourth-order valence-corrected chi connectivity index (χ4v) is 4.21. The number of thiophene rings is 1. The molecule has 0 atom stereocenters. The van der Waals surface area contributed by atoms with Crippen molar-refractivity contribution in [3.8, 4) is 0 Å². The first-order valence-corrected chi connectivity index (χ1v) is 10.1. The largest absolute Gasteiger partial charge is 0.331 e. The molecule has 0 unspecified atom stereocenters. The molecule has 26 heavy (non-hydrogen) atoms. The lowest BCUT2D eigenvalue weighted by Gasteiger charge is -2.26. The van der Waals surface area contributed by atoms with E-state index in [-0.39, 0.29) is 5.91 Å². The smallest absolute Gasteiger partial charge is 0.265 e. The molecule has 0 bridgehead atoms. The van der Waals surface area contributed by atoms with Gasteiger partial charge in [-0.3, -0.25) is 4.79 Å². The van der Waals surface area contributed by atoms with E-state index in [0.29, 0.717) is 4.88 Å². The van der Waals surface area contributed by atoms with Gasteiger partial charge >= 0.3 is 0 Å². The van der Waals surface area contributed by atoms with Crippen LogP contribution in [0, 0.1) is 0 Å². The molecule has 2 aromatic heterocycles. The Morgan fingerprint density at radius 2 is 2.08 bits per heavy atom. The Hall–Kier alpha value is -2.18. The lowest BCUT2D eigenvalue weighted by Crippen LogP contribution is -2.31. The van der Waals surface area contributed by atoms with Gasteiger partial charge in [0.1, 0.15) is 5.82 Å². The van der Waals surface area contributed by atoms with Gasteiger partial charge in [-0.15, -0.1) is 11.3 Å². The number of likely N-dealkylation sites (tertiary alicyclic amines) is 1. The fourth-order valence-electron chi connectivity index (χ4n) is 3.59. The predicted octanol–water partition coefficient (Wildman–Crippen LogP) is 3.92. The number of imidazole rings is 1. The van der Waals surface area contributed by atoms with Crippen LogP contribution >= 0.6 is 11.3 Å². The van der Waals surface area contributed by atoms with Crippen molar-refractivity contribution >= 4 is 34.0 Å². The van der Waals surface area contributed by atoms with Crippen molar-refractivity contribution in [3.05, 3.63) is 46.4 Å². The van der Waals surface area contributed by atoms with Gasteiger partial charge in [-0.2, -0.15) is 0 Å². The number of piperidine rings is 1. The number of nitrogens with zero attached hydrogens (tertiary/aromatic N) is 3. The fraction of sp³-hybridized carbons (Fsp3) is 0.400. The maximum absolute atomic E-state index is 12.2. The Morgan fingerprint density at radius 3 is 2.85 bits per heavy atom. The molecule has 0 saturated carbocycles. The van der Waals surface area contributed by atoms with E-state index in [0.717, 1.165) is 35.5 Å². The number of amides is 1. The van der Waals surface area contributed by atoms with Crippen LogP contribution in [0.25, 0.3) is 11.0 Å². The number of aromatic nitrogens is 2. The molecule has 6 heteroatoms. The van der Waals surface area contributed by atoms with Gasteiger partial charge in [-0.05, 0) is 55.6 Å². The first-order valence-electron chi connectivity index (χ1n) is 9.23. The van der Waals surface area contributed by atoms with Crippen molar-refractivity contribution in [3.63, 3.8) is 0 Å². The van der Waals surface area contributed by atoms with Crippen LogP contribution < -0.4 is 5.32 Å². The van der Waals surface area contributed by atoms with Crippen molar-refractivity contribution in [2.45, 2.75) is 25.7 Å². The summed E-state index contributed by atoms with van der Waals surface area (Å²) in [5, 5.41) is 4.87. The van der Waals surface area contributed by atoms with E-state index in [1.54, 1.807) is 0 Å². The summed E-state index contributed by atoms with van der Waals surface area (Å²) in [6.07, 6.45) is 4.95. The molecule has 1 amide bonds. The van der Waals surface area contributed by atoms with Gasteiger partial charge in [0.25, 0.3) is 5.91 Å². The van der Waals surface area contributed by atoms with E-state index >= 15 is 0 Å². The van der Waals surface area contributed by atoms with E-state index < -0.39 is 0 Å². The molecule has 4 rings (SSSR count). The number of carbonyl (C=O) groups is 1. The Balaban J connectivity index is 1.48. The first kappa shape index (κ1) is 17.2. The number of nitrogens with one attached hydrogen (secondary N) is 1. The number of rotatable bonds is 5. The molecule has 1 fully saturated rings. The lowest BCUT2D eigenvalue weighted by atomic mass is 10.1. The van der Waals surface area contributed by atoms with Crippen LogP contribution in [0.4, 0.5) is 5.69 Å². The number of carbonyl (C=O) groups excluding carboxylic acids is 1. The highest BCUT2D eigenvalue weighted by molar-refractivity contribution is 7.12. The third-order valence-corrected chi connectivity index (χ3v) is 5.95. The predicted molar refractivity (Wildman–Crippen MR) is 107 cm³/mol. The topological polar surface area (TPSA) is 50.2 Å². The highest BCUT2D eigenvalue weighted by Gasteiger charge is 2.14. The lowest BCUT2D eigenvalue weighted by molar-refractivity contribution is 0.103. The summed E-state index contributed by atoms with van der Waals surface area (Å²) in [6.45, 7) is 3.49. The second-order valence-corrected chi connectivity index (χ2v) is 7.82. The van der Waals surface area contributed by atoms with Crippen LogP contribution in [0.3, 0.4) is 0 Å². The van der Waals surface area contributed by atoms with Gasteiger partial charge in [-0.25, -0.2) is 4.98 Å². The Kier molecular flexibility index (Phi) is 5.04. The van der Waals surface area contributed by atoms with Crippen molar-refractivity contribution in [1.82, 2.24) is 14.5 Å². The molecule has 5 nitrogen and oxygen atoms in total. The third-order valence-electron chi connectivity index (χ3n) is 5.08. The van der Waals surface area contributed by atoms with Gasteiger partial charge in [0, 0.05) is 25.7 Å². The van der Waals surface area contributed by atoms with Crippen LogP contribution in [0.2, 0.25) is 0 Å². The molecular formula is C20H24N4OS. The molecule has 1 aromatic carbocycles. The van der Waals surface area contributed by atoms with Crippen LogP contribution in [0.15, 0.2) is 35.7 Å². The van der Waals surface area contributed by atoms with Gasteiger partial charge in [0.15, 0.2) is 0 Å². The number of fused-ring (bicyclic) bond motifs is 1. The van der Waals surface area contributed by atoms with Crippen LogP contribution in [-0.4, -0.2) is 40.0 Å². The zero-order chi connectivity index (χ0) is 17.9. The molecule has 1 saturated heterocycles. The monoisotopic (exact) mass is 368 g/mol. The molecule has 0 spiro atoms. The number of hydrogen-bond donors (Lipinski definition) is 1. The Bertz CT molecular complexity index is 894. The van der Waals surface area contributed by atoms with E-state index in [1.807, 2.05) is 35.7 Å². The molecule has 1 aliphatic rings. The summed E-state index contributed by atoms with van der Waals surface area (Å²) in [4.78, 5) is 20.3. The van der Waals surface area contributed by atoms with Crippen LogP contribution in [-0.2, 0) is 13.5 Å². The summed E-state index contributed by atoms with van der Waals surface area (Å²) in [6, 6.07) is 9.67. The van der Waals surface area contributed by atoms with Crippen molar-refractivity contribution in [1.29, 1.82) is 0 Å². The second-order valence-electron chi connectivity index (χ2n) is 6.87. The normalized spacial score (nSPS) is 15.4. The average Bonchev–Trinajstić information content (AvgIpc) is 3.30. The minimum Gasteiger partial charge on any atom is -0.331 e. The van der Waals surface area contributed by atoms with E-state index in [4.69, 9.17) is 4.98 Å². The molecule has 0 aliphatic carbocycles. The second kappa shape index (κ2) is 7.60. The SMILES string of the molecule is Cn1c(CCN2CCCCC2)nc2cc(NC(=O)c3cccs3)ccc21. The summed E-state index contributed by atoms with van der Waals surface area (Å²) in [5.41, 5.74) is 2.83. The van der Waals surface area contributed by atoms with Gasteiger partial charge in [0.2, 0.25) is 0 Å². The van der Waals surface area contributed by atoms with Crippen molar-refractivity contribution < 1.29 is 4.79 Å². The van der Waals surface area contributed by atoms with Gasteiger partial charge in [0.05, 0.1) is 15.9 Å². The number of anilines is 1. The average molecular weight is 369 g/mol. The third kappa shape index (κ3) is 3.66. The molecule has 0 radical (unpaired) electrons. The Morgan fingerprint density at radius 1 is 1.23 bits per heavy atom. The number of benzene rings is 1. The molecule has 3 aromatic rings. The summed E-state index contributed by atoms with van der Waals surface area (Å²) < 4.78 is 2.17.